The van der Waals surface area contributed by atoms with E-state index in [1.165, 1.54) is 18.5 Å². The molecule has 0 unspecified atom stereocenters. The number of imidazole rings is 1. The number of nitrogens with one attached hydrogen (secondary N) is 2. The van der Waals surface area contributed by atoms with Crippen LogP contribution in [0.2, 0.25) is 0 Å². The van der Waals surface area contributed by atoms with Crippen LogP contribution < -0.4 is 21.1 Å². The van der Waals surface area contributed by atoms with E-state index in [-0.39, 0.29) is 11.5 Å². The number of nitrogen functional groups attached to an aromatic ring is 1. The second-order valence-electron chi connectivity index (χ2n) is 6.25. The molecule has 0 aliphatic rings. The summed E-state index contributed by atoms with van der Waals surface area (Å²) in [5.41, 5.74) is 8.11. The second kappa shape index (κ2) is 7.82. The van der Waals surface area contributed by atoms with Gasteiger partial charge in [-0.2, -0.15) is 0 Å². The fourth-order valence-corrected chi connectivity index (χ4v) is 2.81. The molecule has 12 heteroatoms. The van der Waals surface area contributed by atoms with E-state index in [2.05, 4.69) is 30.3 Å². The number of carbonyl (C=O) groups is 1. The number of alkyl halides is 3. The summed E-state index contributed by atoms with van der Waals surface area (Å²) >= 11 is 0. The summed E-state index contributed by atoms with van der Waals surface area (Å²) in [7, 11) is 0. The number of nitrogens with two attached hydrogens (primary N) is 1. The summed E-state index contributed by atoms with van der Waals surface area (Å²) in [6, 6.07) is 11.1. The van der Waals surface area contributed by atoms with Gasteiger partial charge in [-0.25, -0.2) is 19.7 Å². The Labute approximate surface area is 172 Å². The van der Waals surface area contributed by atoms with Crippen LogP contribution in [0.15, 0.2) is 61.2 Å². The molecular weight excluding hydrogens is 415 g/mol. The molecule has 0 radical (unpaired) electrons. The van der Waals surface area contributed by atoms with Crippen molar-refractivity contribution < 1.29 is 22.7 Å². The Bertz CT molecular complexity index is 1240. The molecule has 0 aliphatic heterocycles. The highest BCUT2D eigenvalue weighted by Gasteiger charge is 2.31. The minimum atomic E-state index is -4.82. The van der Waals surface area contributed by atoms with Crippen LogP contribution in [0.4, 0.5) is 35.2 Å². The van der Waals surface area contributed by atoms with Gasteiger partial charge in [0, 0.05) is 23.1 Å². The molecule has 0 bridgehead atoms. The molecule has 0 spiro atoms. The normalized spacial score (nSPS) is 11.3. The van der Waals surface area contributed by atoms with Crippen LogP contribution in [0, 0.1) is 0 Å². The van der Waals surface area contributed by atoms with Crippen molar-refractivity contribution in [3.8, 4) is 11.4 Å². The van der Waals surface area contributed by atoms with Crippen molar-refractivity contribution in [2.24, 2.45) is 0 Å². The number of fused-ring (bicyclic) bond motifs is 1. The first-order valence-corrected chi connectivity index (χ1v) is 8.76. The van der Waals surface area contributed by atoms with Crippen LogP contribution in [0.3, 0.4) is 0 Å². The SMILES string of the molecule is Nc1ncnc2c1ncn2-c1ccc(NC(=O)Nc2cccc(OC(F)(F)F)c2)cc1. The van der Waals surface area contributed by atoms with Crippen LogP contribution in [-0.4, -0.2) is 31.9 Å². The molecule has 0 aliphatic carbocycles. The molecule has 0 fully saturated rings. The maximum absolute atomic E-state index is 12.3. The first-order valence-electron chi connectivity index (χ1n) is 8.76. The number of aromatic nitrogens is 4. The van der Waals surface area contributed by atoms with Crippen molar-refractivity contribution in [1.82, 2.24) is 19.5 Å². The molecule has 4 rings (SSSR count). The van der Waals surface area contributed by atoms with E-state index in [0.717, 1.165) is 17.8 Å². The number of benzene rings is 2. The van der Waals surface area contributed by atoms with Gasteiger partial charge in [-0.1, -0.05) is 6.07 Å². The minimum absolute atomic E-state index is 0.137. The lowest BCUT2D eigenvalue weighted by Crippen LogP contribution is -2.20. The standard InChI is InChI=1S/C19H14F3N7O2/c20-19(21,22)31-14-3-1-2-12(8-14)28-18(30)27-11-4-6-13(7-5-11)29-10-26-15-16(23)24-9-25-17(15)29/h1-10H,(H2,23,24,25)(H2,27,28,30). The van der Waals surface area contributed by atoms with Gasteiger partial charge in [-0.3, -0.25) is 4.57 Å². The molecule has 0 atom stereocenters. The Kier molecular flexibility index (Phi) is 5.03. The van der Waals surface area contributed by atoms with Crippen molar-refractivity contribution in [1.29, 1.82) is 0 Å². The quantitative estimate of drug-likeness (QED) is 0.452. The van der Waals surface area contributed by atoms with Gasteiger partial charge in [0.15, 0.2) is 17.0 Å². The van der Waals surface area contributed by atoms with Crippen LogP contribution in [0.25, 0.3) is 16.9 Å². The third-order valence-corrected chi connectivity index (χ3v) is 4.09. The zero-order valence-electron chi connectivity index (χ0n) is 15.6. The number of nitrogens with zero attached hydrogens (tertiary/aromatic N) is 4. The molecular formula is C19H14F3N7O2. The van der Waals surface area contributed by atoms with Gasteiger partial charge in [0.1, 0.15) is 18.4 Å². The Hall–Kier alpha value is -4.35. The number of halogens is 3. The Morgan fingerprint density at radius 1 is 1.00 bits per heavy atom. The summed E-state index contributed by atoms with van der Waals surface area (Å²) < 4.78 is 42.5. The number of amides is 2. The predicted octanol–water partition coefficient (Wildman–Crippen LogP) is 3.94. The summed E-state index contributed by atoms with van der Waals surface area (Å²) in [6.45, 7) is 0. The maximum Gasteiger partial charge on any atom is 0.573 e. The van der Waals surface area contributed by atoms with E-state index in [1.807, 2.05) is 0 Å². The lowest BCUT2D eigenvalue weighted by Gasteiger charge is -2.11. The van der Waals surface area contributed by atoms with Crippen molar-refractivity contribution in [3.05, 3.63) is 61.2 Å². The average Bonchev–Trinajstić information content (AvgIpc) is 3.13. The first kappa shape index (κ1) is 19.9. The lowest BCUT2D eigenvalue weighted by molar-refractivity contribution is -0.274. The number of carbonyl (C=O) groups excluding carboxylic acids is 1. The Balaban J connectivity index is 1.44. The summed E-state index contributed by atoms with van der Waals surface area (Å²) in [5, 5.41) is 5.04. The molecule has 2 aromatic heterocycles. The summed E-state index contributed by atoms with van der Waals surface area (Å²) in [4.78, 5) is 24.4. The maximum atomic E-state index is 12.3. The summed E-state index contributed by atoms with van der Waals surface area (Å²) in [6.07, 6.45) is -1.92. The Morgan fingerprint density at radius 3 is 2.48 bits per heavy atom. The van der Waals surface area contributed by atoms with E-state index in [1.54, 1.807) is 35.2 Å². The van der Waals surface area contributed by atoms with Gasteiger partial charge in [-0.15, -0.1) is 13.2 Å². The van der Waals surface area contributed by atoms with E-state index >= 15 is 0 Å². The number of rotatable bonds is 4. The van der Waals surface area contributed by atoms with Gasteiger partial charge in [0.2, 0.25) is 0 Å². The number of anilines is 3. The molecule has 2 heterocycles. The van der Waals surface area contributed by atoms with Gasteiger partial charge in [0.05, 0.1) is 0 Å². The largest absolute Gasteiger partial charge is 0.573 e. The smallest absolute Gasteiger partial charge is 0.406 e. The van der Waals surface area contributed by atoms with Crippen molar-refractivity contribution in [3.63, 3.8) is 0 Å². The molecule has 2 amide bonds. The van der Waals surface area contributed by atoms with E-state index in [4.69, 9.17) is 5.73 Å². The van der Waals surface area contributed by atoms with Crippen LogP contribution in [0.5, 0.6) is 5.75 Å². The molecule has 158 valence electrons. The van der Waals surface area contributed by atoms with E-state index in [9.17, 15) is 18.0 Å². The number of hydrogen-bond acceptors (Lipinski definition) is 6. The zero-order valence-corrected chi connectivity index (χ0v) is 15.6. The average molecular weight is 429 g/mol. The Morgan fingerprint density at radius 2 is 1.74 bits per heavy atom. The van der Waals surface area contributed by atoms with Crippen LogP contribution in [0.1, 0.15) is 0 Å². The molecule has 9 nitrogen and oxygen atoms in total. The fraction of sp³-hybridized carbons (Fsp3) is 0.0526. The molecule has 4 aromatic rings. The number of urea groups is 1. The zero-order chi connectivity index (χ0) is 22.0. The molecule has 31 heavy (non-hydrogen) atoms. The van der Waals surface area contributed by atoms with Crippen LogP contribution >= 0.6 is 0 Å². The number of hydrogen-bond donors (Lipinski definition) is 3. The topological polar surface area (TPSA) is 120 Å². The predicted molar refractivity (Wildman–Crippen MR) is 107 cm³/mol. The first-order chi connectivity index (χ1) is 14.8. The van der Waals surface area contributed by atoms with Gasteiger partial charge < -0.3 is 21.1 Å². The van der Waals surface area contributed by atoms with E-state index < -0.39 is 18.1 Å². The highest BCUT2D eigenvalue weighted by molar-refractivity contribution is 5.99. The second-order valence-corrected chi connectivity index (χ2v) is 6.25. The fourth-order valence-electron chi connectivity index (χ4n) is 2.81. The lowest BCUT2D eigenvalue weighted by atomic mass is 10.2. The molecule has 0 saturated heterocycles. The minimum Gasteiger partial charge on any atom is -0.406 e. The van der Waals surface area contributed by atoms with Crippen molar-refractivity contribution >= 4 is 34.4 Å². The number of ether oxygens (including phenoxy) is 1. The van der Waals surface area contributed by atoms with Crippen molar-refractivity contribution in [2.75, 3.05) is 16.4 Å². The highest BCUT2D eigenvalue weighted by atomic mass is 19.4. The molecule has 2 aromatic carbocycles. The van der Waals surface area contributed by atoms with Gasteiger partial charge in [0.25, 0.3) is 0 Å². The van der Waals surface area contributed by atoms with Gasteiger partial charge in [-0.05, 0) is 36.4 Å². The van der Waals surface area contributed by atoms with E-state index in [0.29, 0.717) is 16.9 Å². The third-order valence-electron chi connectivity index (χ3n) is 4.09. The van der Waals surface area contributed by atoms with Crippen LogP contribution in [-0.2, 0) is 0 Å². The summed E-state index contributed by atoms with van der Waals surface area (Å²) in [5.74, 6) is -0.171. The van der Waals surface area contributed by atoms with Gasteiger partial charge >= 0.3 is 12.4 Å². The molecule has 0 saturated carbocycles. The van der Waals surface area contributed by atoms with Crippen molar-refractivity contribution in [2.45, 2.75) is 6.36 Å². The molecule has 4 N–H and O–H groups in total. The monoisotopic (exact) mass is 429 g/mol. The third kappa shape index (κ3) is 4.63. The highest BCUT2D eigenvalue weighted by Crippen LogP contribution is 2.25.